The monoisotopic (exact) mass is 370 g/mol. The molecule has 2 aromatic rings. The first kappa shape index (κ1) is 17.6. The van der Waals surface area contributed by atoms with Crippen LogP contribution in [0.2, 0.25) is 0 Å². The van der Waals surface area contributed by atoms with Gasteiger partial charge in [-0.2, -0.15) is 0 Å². The number of amides is 3. The SMILES string of the molecule is COc1ccc2c(CN3C(=O)N[C@@]4(CCCC[C@H]4C)C3=O)cc(=O)oc2c1. The maximum Gasteiger partial charge on any atom is 0.336 e. The minimum Gasteiger partial charge on any atom is -0.497 e. The van der Waals surface area contributed by atoms with E-state index in [1.54, 1.807) is 18.2 Å². The molecule has 1 aliphatic heterocycles. The number of carbonyl (C=O) groups excluding carboxylic acids is 2. The lowest BCUT2D eigenvalue weighted by molar-refractivity contribution is -0.134. The summed E-state index contributed by atoms with van der Waals surface area (Å²) in [6, 6.07) is 6.08. The van der Waals surface area contributed by atoms with E-state index in [1.807, 2.05) is 6.92 Å². The Balaban J connectivity index is 1.71. The number of fused-ring (bicyclic) bond motifs is 1. The normalized spacial score (nSPS) is 25.3. The van der Waals surface area contributed by atoms with E-state index in [0.717, 1.165) is 19.3 Å². The van der Waals surface area contributed by atoms with E-state index in [9.17, 15) is 14.4 Å². The lowest BCUT2D eigenvalue weighted by atomic mass is 9.73. The van der Waals surface area contributed by atoms with E-state index in [4.69, 9.17) is 9.15 Å². The third-order valence-corrected chi connectivity index (χ3v) is 5.87. The first-order valence-corrected chi connectivity index (χ1v) is 9.19. The average molecular weight is 370 g/mol. The zero-order chi connectivity index (χ0) is 19.2. The number of ether oxygens (including phenoxy) is 1. The third-order valence-electron chi connectivity index (χ3n) is 5.87. The molecule has 7 heteroatoms. The summed E-state index contributed by atoms with van der Waals surface area (Å²) in [6.45, 7) is 2.05. The molecule has 1 spiro atoms. The molecule has 1 aromatic carbocycles. The number of urea groups is 1. The molecule has 142 valence electrons. The van der Waals surface area contributed by atoms with Crippen molar-refractivity contribution < 1.29 is 18.7 Å². The van der Waals surface area contributed by atoms with Gasteiger partial charge >= 0.3 is 11.7 Å². The van der Waals surface area contributed by atoms with Crippen molar-refractivity contribution in [3.05, 3.63) is 40.2 Å². The van der Waals surface area contributed by atoms with Crippen LogP contribution >= 0.6 is 0 Å². The van der Waals surface area contributed by atoms with Gasteiger partial charge in [0.15, 0.2) is 0 Å². The second kappa shape index (κ2) is 6.40. The fourth-order valence-electron chi connectivity index (χ4n) is 4.28. The van der Waals surface area contributed by atoms with Crippen molar-refractivity contribution >= 4 is 22.9 Å². The smallest absolute Gasteiger partial charge is 0.336 e. The molecule has 2 fully saturated rings. The summed E-state index contributed by atoms with van der Waals surface area (Å²) in [7, 11) is 1.53. The quantitative estimate of drug-likeness (QED) is 0.663. The van der Waals surface area contributed by atoms with E-state index < -0.39 is 17.2 Å². The Kier molecular flexibility index (Phi) is 4.17. The molecule has 0 unspecified atom stereocenters. The Labute approximate surface area is 156 Å². The average Bonchev–Trinajstić information content (AvgIpc) is 2.88. The predicted molar refractivity (Wildman–Crippen MR) is 98.5 cm³/mol. The summed E-state index contributed by atoms with van der Waals surface area (Å²) in [5.74, 6) is 0.455. The third kappa shape index (κ3) is 2.78. The van der Waals surface area contributed by atoms with Crippen LogP contribution in [0.5, 0.6) is 5.75 Å². The zero-order valence-corrected chi connectivity index (χ0v) is 15.4. The second-order valence-corrected chi connectivity index (χ2v) is 7.39. The van der Waals surface area contributed by atoms with Gasteiger partial charge in [0.25, 0.3) is 5.91 Å². The number of rotatable bonds is 3. The summed E-state index contributed by atoms with van der Waals surface area (Å²) in [5.41, 5.74) is -0.399. The van der Waals surface area contributed by atoms with Gasteiger partial charge in [-0.3, -0.25) is 9.69 Å². The number of carbonyl (C=O) groups is 2. The van der Waals surface area contributed by atoms with Crippen molar-refractivity contribution in [1.82, 2.24) is 10.2 Å². The number of methoxy groups -OCH3 is 1. The number of hydrogen-bond donors (Lipinski definition) is 1. The van der Waals surface area contributed by atoms with Crippen molar-refractivity contribution in [3.63, 3.8) is 0 Å². The van der Waals surface area contributed by atoms with Crippen LogP contribution in [-0.4, -0.2) is 29.5 Å². The van der Waals surface area contributed by atoms with Crippen molar-refractivity contribution in [1.29, 1.82) is 0 Å². The summed E-state index contributed by atoms with van der Waals surface area (Å²) in [6.07, 6.45) is 3.56. The number of benzene rings is 1. The molecule has 1 aromatic heterocycles. The molecular weight excluding hydrogens is 348 g/mol. The van der Waals surface area contributed by atoms with Gasteiger partial charge in [0.05, 0.1) is 13.7 Å². The highest BCUT2D eigenvalue weighted by atomic mass is 16.5. The van der Waals surface area contributed by atoms with Crippen molar-refractivity contribution in [2.45, 2.75) is 44.7 Å². The van der Waals surface area contributed by atoms with Crippen molar-refractivity contribution in [2.24, 2.45) is 5.92 Å². The van der Waals surface area contributed by atoms with Crippen LogP contribution in [0.15, 0.2) is 33.5 Å². The molecule has 2 atom stereocenters. The molecule has 0 radical (unpaired) electrons. The molecule has 27 heavy (non-hydrogen) atoms. The van der Waals surface area contributed by atoms with Gasteiger partial charge < -0.3 is 14.5 Å². The standard InChI is InChI=1S/C20H22N2O5/c1-12-5-3-4-8-20(12)18(24)22(19(25)21-20)11-13-9-17(23)27-16-10-14(26-2)6-7-15(13)16/h6-7,9-10,12H,3-5,8,11H2,1-2H3,(H,21,25)/t12-,20-/m1/s1. The Morgan fingerprint density at radius 3 is 2.81 bits per heavy atom. The summed E-state index contributed by atoms with van der Waals surface area (Å²) in [4.78, 5) is 39.0. The number of hydrogen-bond acceptors (Lipinski definition) is 5. The fraction of sp³-hybridized carbons (Fsp3) is 0.450. The summed E-state index contributed by atoms with van der Waals surface area (Å²) in [5, 5.41) is 3.61. The highest BCUT2D eigenvalue weighted by Gasteiger charge is 2.54. The van der Waals surface area contributed by atoms with Gasteiger partial charge in [0.1, 0.15) is 16.9 Å². The van der Waals surface area contributed by atoms with Gasteiger partial charge in [-0.15, -0.1) is 0 Å². The Morgan fingerprint density at radius 2 is 2.07 bits per heavy atom. The first-order valence-electron chi connectivity index (χ1n) is 9.19. The second-order valence-electron chi connectivity index (χ2n) is 7.39. The highest BCUT2D eigenvalue weighted by Crippen LogP contribution is 2.38. The van der Waals surface area contributed by atoms with Crippen LogP contribution in [0.4, 0.5) is 4.79 Å². The maximum absolute atomic E-state index is 13.2. The van der Waals surface area contributed by atoms with Crippen LogP contribution in [-0.2, 0) is 11.3 Å². The molecule has 1 saturated carbocycles. The van der Waals surface area contributed by atoms with Gasteiger partial charge in [0.2, 0.25) is 0 Å². The van der Waals surface area contributed by atoms with E-state index in [1.165, 1.54) is 18.1 Å². The predicted octanol–water partition coefficient (Wildman–Crippen LogP) is 2.80. The van der Waals surface area contributed by atoms with Gasteiger partial charge in [-0.25, -0.2) is 9.59 Å². The van der Waals surface area contributed by atoms with Crippen molar-refractivity contribution in [2.75, 3.05) is 7.11 Å². The molecule has 1 N–H and O–H groups in total. The van der Waals surface area contributed by atoms with E-state index in [2.05, 4.69) is 5.32 Å². The summed E-state index contributed by atoms with van der Waals surface area (Å²) >= 11 is 0. The number of nitrogens with zero attached hydrogens (tertiary/aromatic N) is 1. The van der Waals surface area contributed by atoms with Gasteiger partial charge in [0, 0.05) is 17.5 Å². The van der Waals surface area contributed by atoms with E-state index in [-0.39, 0.29) is 18.4 Å². The first-order chi connectivity index (χ1) is 12.9. The van der Waals surface area contributed by atoms with Crippen LogP contribution in [0.3, 0.4) is 0 Å². The van der Waals surface area contributed by atoms with Crippen molar-refractivity contribution in [3.8, 4) is 5.75 Å². The largest absolute Gasteiger partial charge is 0.497 e. The molecule has 4 rings (SSSR count). The minimum absolute atomic E-state index is 0.0353. The molecular formula is C20H22N2O5. The number of nitrogens with one attached hydrogen (secondary N) is 1. The van der Waals surface area contributed by atoms with E-state index >= 15 is 0 Å². The Hall–Kier alpha value is -2.83. The molecule has 0 bridgehead atoms. The number of imide groups is 1. The van der Waals surface area contributed by atoms with Crippen LogP contribution < -0.4 is 15.7 Å². The summed E-state index contributed by atoms with van der Waals surface area (Å²) < 4.78 is 10.4. The van der Waals surface area contributed by atoms with Crippen LogP contribution in [0.1, 0.15) is 38.2 Å². The topological polar surface area (TPSA) is 88.9 Å². The molecule has 2 heterocycles. The van der Waals surface area contributed by atoms with Gasteiger partial charge in [-0.1, -0.05) is 19.8 Å². The Bertz CT molecular complexity index is 982. The van der Waals surface area contributed by atoms with Crippen LogP contribution in [0, 0.1) is 5.92 Å². The van der Waals surface area contributed by atoms with Crippen LogP contribution in [0.25, 0.3) is 11.0 Å². The molecule has 1 saturated heterocycles. The minimum atomic E-state index is -0.812. The zero-order valence-electron chi connectivity index (χ0n) is 15.4. The Morgan fingerprint density at radius 1 is 1.26 bits per heavy atom. The molecule has 1 aliphatic carbocycles. The lowest BCUT2D eigenvalue weighted by Crippen LogP contribution is -2.53. The molecule has 2 aliphatic rings. The highest BCUT2D eigenvalue weighted by molar-refractivity contribution is 6.07. The maximum atomic E-state index is 13.2. The lowest BCUT2D eigenvalue weighted by Gasteiger charge is -2.36. The molecule has 3 amide bonds. The molecule has 7 nitrogen and oxygen atoms in total. The van der Waals surface area contributed by atoms with E-state index in [0.29, 0.717) is 28.7 Å². The fourth-order valence-corrected chi connectivity index (χ4v) is 4.28. The van der Waals surface area contributed by atoms with Gasteiger partial charge in [-0.05, 0) is 36.5 Å².